The fourth-order valence-electron chi connectivity index (χ4n) is 1.62. The van der Waals surface area contributed by atoms with Crippen LogP contribution in [0, 0.1) is 0 Å². The highest BCUT2D eigenvalue weighted by Gasteiger charge is 2.29. The first-order chi connectivity index (χ1) is 7.06. The second-order valence-corrected chi connectivity index (χ2v) is 3.68. The van der Waals surface area contributed by atoms with Gasteiger partial charge in [0, 0.05) is 6.54 Å². The number of carbonyl (C=O) groups is 2. The number of carbonyl (C=O) groups excluding carboxylic acids is 1. The molecular weight excluding hydrogens is 200 g/mol. The maximum Gasteiger partial charge on any atom is 0.325 e. The summed E-state index contributed by atoms with van der Waals surface area (Å²) >= 11 is 0. The van der Waals surface area contributed by atoms with E-state index in [4.69, 9.17) is 10.2 Å². The summed E-state index contributed by atoms with van der Waals surface area (Å²) in [4.78, 5) is 23.6. The van der Waals surface area contributed by atoms with Gasteiger partial charge in [-0.2, -0.15) is 0 Å². The molecule has 0 aromatic carbocycles. The summed E-state index contributed by atoms with van der Waals surface area (Å²) in [6.45, 7) is 1.91. The Kier molecular flexibility index (Phi) is 3.90. The fourth-order valence-corrected chi connectivity index (χ4v) is 1.62. The summed E-state index contributed by atoms with van der Waals surface area (Å²) in [5.74, 6) is -1.07. The van der Waals surface area contributed by atoms with Gasteiger partial charge in [0.05, 0.1) is 12.6 Å². The van der Waals surface area contributed by atoms with E-state index in [0.717, 1.165) is 12.8 Å². The molecule has 15 heavy (non-hydrogen) atoms. The standard InChI is InChI=1S/C9H16N2O4/c1-6(8(13)14)10-9(15)11-4-2-3-7(11)5-12/h6-7,12H,2-5H2,1H3,(H,10,15)(H,13,14)/t6-,7?/m0/s1. The Morgan fingerprint density at radius 3 is 2.80 bits per heavy atom. The first kappa shape index (κ1) is 11.8. The molecule has 2 atom stereocenters. The summed E-state index contributed by atoms with van der Waals surface area (Å²) < 4.78 is 0. The molecule has 0 aliphatic carbocycles. The van der Waals surface area contributed by atoms with Crippen LogP contribution in [0.2, 0.25) is 0 Å². The molecule has 2 amide bonds. The molecule has 0 radical (unpaired) electrons. The number of urea groups is 1. The van der Waals surface area contributed by atoms with Crippen LogP contribution in [0.25, 0.3) is 0 Å². The summed E-state index contributed by atoms with van der Waals surface area (Å²) in [6.07, 6.45) is 1.62. The van der Waals surface area contributed by atoms with Crippen molar-refractivity contribution in [3.05, 3.63) is 0 Å². The van der Waals surface area contributed by atoms with Gasteiger partial charge in [-0.15, -0.1) is 0 Å². The van der Waals surface area contributed by atoms with Gasteiger partial charge < -0.3 is 20.4 Å². The average molecular weight is 216 g/mol. The van der Waals surface area contributed by atoms with Crippen molar-refractivity contribution in [3.8, 4) is 0 Å². The molecule has 0 saturated carbocycles. The van der Waals surface area contributed by atoms with Crippen LogP contribution in [0.3, 0.4) is 0 Å². The number of hydrogen-bond donors (Lipinski definition) is 3. The second-order valence-electron chi connectivity index (χ2n) is 3.68. The molecule has 86 valence electrons. The zero-order chi connectivity index (χ0) is 11.4. The first-order valence-corrected chi connectivity index (χ1v) is 4.97. The van der Waals surface area contributed by atoms with Crippen molar-refractivity contribution in [3.63, 3.8) is 0 Å². The number of aliphatic carboxylic acids is 1. The number of carboxylic acids is 1. The van der Waals surface area contributed by atoms with E-state index < -0.39 is 18.0 Å². The summed E-state index contributed by atoms with van der Waals surface area (Å²) in [6, 6.07) is -1.50. The number of carboxylic acid groups (broad SMARTS) is 1. The third-order valence-electron chi connectivity index (χ3n) is 2.56. The number of aliphatic hydroxyl groups excluding tert-OH is 1. The third kappa shape index (κ3) is 2.82. The number of likely N-dealkylation sites (tertiary alicyclic amines) is 1. The molecule has 1 saturated heterocycles. The maximum absolute atomic E-state index is 11.6. The van der Waals surface area contributed by atoms with Crippen LogP contribution < -0.4 is 5.32 Å². The topological polar surface area (TPSA) is 89.9 Å². The molecule has 1 fully saturated rings. The minimum Gasteiger partial charge on any atom is -0.480 e. The molecule has 1 rings (SSSR count). The van der Waals surface area contributed by atoms with Gasteiger partial charge in [-0.3, -0.25) is 4.79 Å². The van der Waals surface area contributed by atoms with E-state index in [-0.39, 0.29) is 12.6 Å². The molecule has 3 N–H and O–H groups in total. The SMILES string of the molecule is C[C@H](NC(=O)N1CCCC1CO)C(=O)O. The number of nitrogens with zero attached hydrogens (tertiary/aromatic N) is 1. The van der Waals surface area contributed by atoms with E-state index in [1.165, 1.54) is 11.8 Å². The average Bonchev–Trinajstić information content (AvgIpc) is 2.64. The molecular formula is C9H16N2O4. The zero-order valence-electron chi connectivity index (χ0n) is 8.64. The van der Waals surface area contributed by atoms with Gasteiger partial charge in [0.2, 0.25) is 0 Å². The van der Waals surface area contributed by atoms with Crippen LogP contribution in [0.4, 0.5) is 4.79 Å². The van der Waals surface area contributed by atoms with Crippen molar-refractivity contribution >= 4 is 12.0 Å². The Bertz CT molecular complexity index is 256. The molecule has 6 heteroatoms. The van der Waals surface area contributed by atoms with Crippen molar-refractivity contribution in [1.29, 1.82) is 0 Å². The summed E-state index contributed by atoms with van der Waals surface area (Å²) in [5.41, 5.74) is 0. The van der Waals surface area contributed by atoms with E-state index in [1.54, 1.807) is 0 Å². The highest BCUT2D eigenvalue weighted by Crippen LogP contribution is 2.16. The van der Waals surface area contributed by atoms with E-state index in [1.807, 2.05) is 0 Å². The molecule has 6 nitrogen and oxygen atoms in total. The molecule has 0 aromatic heterocycles. The minimum absolute atomic E-state index is 0.0745. The minimum atomic E-state index is -1.07. The van der Waals surface area contributed by atoms with E-state index in [2.05, 4.69) is 5.32 Å². The maximum atomic E-state index is 11.6. The third-order valence-corrected chi connectivity index (χ3v) is 2.56. The van der Waals surface area contributed by atoms with Crippen LogP contribution >= 0.6 is 0 Å². The number of nitrogens with one attached hydrogen (secondary N) is 1. The van der Waals surface area contributed by atoms with Crippen molar-refractivity contribution in [2.75, 3.05) is 13.2 Å². The number of aliphatic hydroxyl groups is 1. The lowest BCUT2D eigenvalue weighted by Gasteiger charge is -2.24. The molecule has 0 aromatic rings. The predicted octanol–water partition coefficient (Wildman–Crippen LogP) is -0.374. The van der Waals surface area contributed by atoms with Crippen LogP contribution in [0.1, 0.15) is 19.8 Å². The van der Waals surface area contributed by atoms with Gasteiger partial charge in [0.25, 0.3) is 0 Å². The molecule has 0 spiro atoms. The Morgan fingerprint density at radius 1 is 1.60 bits per heavy atom. The largest absolute Gasteiger partial charge is 0.480 e. The number of hydrogen-bond acceptors (Lipinski definition) is 3. The van der Waals surface area contributed by atoms with Gasteiger partial charge in [-0.05, 0) is 19.8 Å². The zero-order valence-corrected chi connectivity index (χ0v) is 8.64. The van der Waals surface area contributed by atoms with Crippen molar-refractivity contribution < 1.29 is 19.8 Å². The van der Waals surface area contributed by atoms with E-state index in [9.17, 15) is 9.59 Å². The lowest BCUT2D eigenvalue weighted by atomic mass is 10.2. The predicted molar refractivity (Wildman–Crippen MR) is 52.4 cm³/mol. The van der Waals surface area contributed by atoms with Gasteiger partial charge >= 0.3 is 12.0 Å². The number of amides is 2. The molecule has 1 aliphatic rings. The van der Waals surface area contributed by atoms with Crippen molar-refractivity contribution in [2.45, 2.75) is 31.8 Å². The number of rotatable bonds is 3. The second kappa shape index (κ2) is 4.97. The van der Waals surface area contributed by atoms with E-state index in [0.29, 0.717) is 6.54 Å². The van der Waals surface area contributed by atoms with Crippen LogP contribution in [0.15, 0.2) is 0 Å². The Labute approximate surface area is 87.9 Å². The summed E-state index contributed by atoms with van der Waals surface area (Å²) in [5, 5.41) is 20.0. The Hall–Kier alpha value is -1.30. The van der Waals surface area contributed by atoms with Crippen molar-refractivity contribution in [1.82, 2.24) is 10.2 Å². The fraction of sp³-hybridized carbons (Fsp3) is 0.778. The molecule has 1 unspecified atom stereocenters. The highest BCUT2D eigenvalue weighted by atomic mass is 16.4. The first-order valence-electron chi connectivity index (χ1n) is 4.97. The lowest BCUT2D eigenvalue weighted by Crippen LogP contribution is -2.49. The molecule has 0 bridgehead atoms. The van der Waals surface area contributed by atoms with Crippen LogP contribution in [-0.4, -0.2) is 52.3 Å². The van der Waals surface area contributed by atoms with E-state index >= 15 is 0 Å². The van der Waals surface area contributed by atoms with Crippen LogP contribution in [-0.2, 0) is 4.79 Å². The Morgan fingerprint density at radius 2 is 2.27 bits per heavy atom. The van der Waals surface area contributed by atoms with Gasteiger partial charge in [0.1, 0.15) is 6.04 Å². The lowest BCUT2D eigenvalue weighted by molar-refractivity contribution is -0.138. The van der Waals surface area contributed by atoms with Gasteiger partial charge in [-0.25, -0.2) is 4.79 Å². The normalized spacial score (nSPS) is 22.5. The van der Waals surface area contributed by atoms with Crippen molar-refractivity contribution in [2.24, 2.45) is 0 Å². The highest BCUT2D eigenvalue weighted by molar-refractivity contribution is 5.82. The molecule has 1 aliphatic heterocycles. The monoisotopic (exact) mass is 216 g/mol. The van der Waals surface area contributed by atoms with Crippen LogP contribution in [0.5, 0.6) is 0 Å². The molecule has 1 heterocycles. The van der Waals surface area contributed by atoms with Gasteiger partial charge in [-0.1, -0.05) is 0 Å². The Balaban J connectivity index is 2.49. The van der Waals surface area contributed by atoms with Gasteiger partial charge in [0.15, 0.2) is 0 Å². The smallest absolute Gasteiger partial charge is 0.325 e. The quantitative estimate of drug-likeness (QED) is 0.600. The summed E-state index contributed by atoms with van der Waals surface area (Å²) in [7, 11) is 0.